The van der Waals surface area contributed by atoms with Gasteiger partial charge in [-0.3, -0.25) is 14.4 Å². The van der Waals surface area contributed by atoms with Gasteiger partial charge in [-0.2, -0.15) is 0 Å². The van der Waals surface area contributed by atoms with Gasteiger partial charge in [0.05, 0.1) is 20.1 Å². The molecule has 3 saturated carbocycles. The second kappa shape index (κ2) is 13.5. The quantitative estimate of drug-likeness (QED) is 0.206. The second-order valence-electron chi connectivity index (χ2n) is 16.7. The average molecular weight is 645 g/mol. The Morgan fingerprint density at radius 3 is 2.26 bits per heavy atom. The molecule has 0 spiro atoms. The number of ether oxygens (including phenoxy) is 3. The van der Waals surface area contributed by atoms with E-state index < -0.39 is 53.8 Å². The molecule has 258 valence electrons. The SMILES string of the molecule is COC(=O)[C@H](OC[C@H]1C(C)CC[C@H]2C(C)(C)CCC[C@]12C)[C@H](CC(=O)O)C(=O)O[C@H]1CC(C)(C)[C@@H]2CC=C(C=O)[C@H](C=O)[C@@]2(C)C1. The summed E-state index contributed by atoms with van der Waals surface area (Å²) in [5.41, 5.74) is -0.366. The number of hydrogen-bond acceptors (Lipinski definition) is 8. The lowest BCUT2D eigenvalue weighted by molar-refractivity contribution is -0.186. The summed E-state index contributed by atoms with van der Waals surface area (Å²) in [5, 5.41) is 9.86. The molecule has 1 unspecified atom stereocenters. The second-order valence-corrected chi connectivity index (χ2v) is 16.7. The zero-order valence-electron chi connectivity index (χ0n) is 29.1. The lowest BCUT2D eigenvalue weighted by Crippen LogP contribution is -2.54. The molecule has 4 rings (SSSR count). The van der Waals surface area contributed by atoms with Crippen molar-refractivity contribution in [3.63, 3.8) is 0 Å². The molecule has 0 aromatic heterocycles. The third-order valence-electron chi connectivity index (χ3n) is 13.0. The maximum atomic E-state index is 13.9. The number of esters is 2. The number of hydrogen-bond donors (Lipinski definition) is 1. The number of aliphatic carboxylic acids is 1. The molecule has 0 aromatic rings. The predicted molar refractivity (Wildman–Crippen MR) is 171 cm³/mol. The fourth-order valence-electron chi connectivity index (χ4n) is 10.9. The minimum atomic E-state index is -1.44. The highest BCUT2D eigenvalue weighted by atomic mass is 16.6. The summed E-state index contributed by atoms with van der Waals surface area (Å²) in [6.45, 7) is 15.6. The van der Waals surface area contributed by atoms with Gasteiger partial charge in [-0.05, 0) is 89.4 Å². The van der Waals surface area contributed by atoms with E-state index in [1.54, 1.807) is 0 Å². The van der Waals surface area contributed by atoms with Crippen LogP contribution in [0.25, 0.3) is 0 Å². The lowest BCUT2D eigenvalue weighted by atomic mass is 9.47. The van der Waals surface area contributed by atoms with Crippen LogP contribution in [-0.4, -0.2) is 61.5 Å². The van der Waals surface area contributed by atoms with Gasteiger partial charge in [0, 0.05) is 5.92 Å². The molecule has 0 radical (unpaired) electrons. The average Bonchev–Trinajstić information content (AvgIpc) is 2.95. The van der Waals surface area contributed by atoms with E-state index in [0.717, 1.165) is 38.3 Å². The molecule has 3 fully saturated rings. The zero-order chi connectivity index (χ0) is 34.2. The maximum absolute atomic E-state index is 13.9. The summed E-state index contributed by atoms with van der Waals surface area (Å²) in [6, 6.07) is 0. The van der Waals surface area contributed by atoms with Crippen LogP contribution in [0.3, 0.4) is 0 Å². The van der Waals surface area contributed by atoms with Crippen LogP contribution in [-0.2, 0) is 38.2 Å². The number of aldehydes is 2. The molecular weight excluding hydrogens is 588 g/mol. The number of carbonyl (C=O) groups excluding carboxylic acids is 4. The van der Waals surface area contributed by atoms with Crippen molar-refractivity contribution >= 4 is 30.5 Å². The first-order chi connectivity index (χ1) is 21.4. The van der Waals surface area contributed by atoms with Gasteiger partial charge < -0.3 is 24.1 Å². The zero-order valence-corrected chi connectivity index (χ0v) is 29.1. The fraction of sp³-hybridized carbons (Fsp3) is 0.811. The number of carboxylic acids is 1. The Labute approximate surface area is 274 Å². The fourth-order valence-corrected chi connectivity index (χ4v) is 10.9. The molecule has 0 aliphatic heterocycles. The topological polar surface area (TPSA) is 133 Å². The summed E-state index contributed by atoms with van der Waals surface area (Å²) < 4.78 is 17.5. The highest BCUT2D eigenvalue weighted by Gasteiger charge is 2.57. The van der Waals surface area contributed by atoms with Crippen LogP contribution in [0, 0.1) is 57.2 Å². The Bertz CT molecular complexity index is 1220. The Balaban J connectivity index is 1.58. The molecule has 4 aliphatic carbocycles. The van der Waals surface area contributed by atoms with Crippen LogP contribution in [0.15, 0.2) is 11.6 Å². The molecule has 46 heavy (non-hydrogen) atoms. The van der Waals surface area contributed by atoms with Gasteiger partial charge >= 0.3 is 17.9 Å². The Kier molecular flexibility index (Phi) is 10.7. The van der Waals surface area contributed by atoms with E-state index >= 15 is 0 Å². The van der Waals surface area contributed by atoms with Crippen LogP contribution in [0.4, 0.5) is 0 Å². The van der Waals surface area contributed by atoms with Crippen molar-refractivity contribution < 1.29 is 43.3 Å². The number of fused-ring (bicyclic) bond motifs is 2. The summed E-state index contributed by atoms with van der Waals surface area (Å²) >= 11 is 0. The van der Waals surface area contributed by atoms with Crippen molar-refractivity contribution in [2.45, 2.75) is 118 Å². The lowest BCUT2D eigenvalue weighted by Gasteiger charge is -2.59. The summed E-state index contributed by atoms with van der Waals surface area (Å²) in [4.78, 5) is 63.4. The largest absolute Gasteiger partial charge is 0.481 e. The standard InChI is InChI=1S/C37H56O9/c1-22-10-12-28-34(2,3)14-9-15-36(28,6)27(22)21-45-31(33(43)44-8)25(16-30(40)41)32(42)46-24-17-35(4,5)29-13-11-23(19-38)26(20-39)37(29,7)18-24/h11,19-20,22,24-29,31H,9-10,12-18,21H2,1-8H3,(H,40,41)/t22?,24-,25-,26-,27-,28-,29-,31+,36+,37+/m0/s1. The van der Waals surface area contributed by atoms with E-state index in [9.17, 15) is 29.1 Å². The number of rotatable bonds is 11. The van der Waals surface area contributed by atoms with Crippen molar-refractivity contribution in [2.75, 3.05) is 13.7 Å². The Hall–Kier alpha value is -2.55. The van der Waals surface area contributed by atoms with Crippen LogP contribution >= 0.6 is 0 Å². The number of allylic oxidation sites excluding steroid dienone is 2. The maximum Gasteiger partial charge on any atom is 0.335 e. The molecule has 0 aromatic carbocycles. The van der Waals surface area contributed by atoms with Gasteiger partial charge in [-0.15, -0.1) is 0 Å². The number of carbonyl (C=O) groups is 5. The van der Waals surface area contributed by atoms with Crippen molar-refractivity contribution in [3.8, 4) is 0 Å². The minimum absolute atomic E-state index is 0.00745. The predicted octanol–water partition coefficient (Wildman–Crippen LogP) is 6.21. The van der Waals surface area contributed by atoms with E-state index in [2.05, 4.69) is 41.5 Å². The van der Waals surface area contributed by atoms with Crippen LogP contribution in [0.1, 0.15) is 106 Å². The van der Waals surface area contributed by atoms with Gasteiger partial charge in [0.1, 0.15) is 24.6 Å². The molecule has 10 atom stereocenters. The molecule has 0 bridgehead atoms. The van der Waals surface area contributed by atoms with Crippen LogP contribution < -0.4 is 0 Å². The van der Waals surface area contributed by atoms with Gasteiger partial charge in [0.15, 0.2) is 6.10 Å². The van der Waals surface area contributed by atoms with Crippen molar-refractivity contribution in [1.82, 2.24) is 0 Å². The third kappa shape index (κ3) is 6.72. The molecule has 0 heterocycles. The van der Waals surface area contributed by atoms with E-state index in [0.29, 0.717) is 36.7 Å². The van der Waals surface area contributed by atoms with Gasteiger partial charge in [-0.1, -0.05) is 67.4 Å². The highest BCUT2D eigenvalue weighted by molar-refractivity contribution is 5.87. The Morgan fingerprint density at radius 1 is 0.957 bits per heavy atom. The van der Waals surface area contributed by atoms with Gasteiger partial charge in [0.2, 0.25) is 0 Å². The molecule has 0 saturated heterocycles. The number of carboxylic acid groups (broad SMARTS) is 1. The third-order valence-corrected chi connectivity index (χ3v) is 13.0. The van der Waals surface area contributed by atoms with E-state index in [1.165, 1.54) is 13.5 Å². The van der Waals surface area contributed by atoms with Crippen molar-refractivity contribution in [3.05, 3.63) is 11.6 Å². The van der Waals surface area contributed by atoms with E-state index in [1.807, 2.05) is 13.0 Å². The minimum Gasteiger partial charge on any atom is -0.481 e. The first-order valence-corrected chi connectivity index (χ1v) is 17.2. The highest BCUT2D eigenvalue weighted by Crippen LogP contribution is 2.62. The summed E-state index contributed by atoms with van der Waals surface area (Å²) in [5.74, 6) is -3.91. The molecule has 4 aliphatic rings. The first kappa shape index (κ1) is 36.3. The van der Waals surface area contributed by atoms with E-state index in [4.69, 9.17) is 14.2 Å². The van der Waals surface area contributed by atoms with Crippen molar-refractivity contribution in [2.24, 2.45) is 57.2 Å². The normalized spacial score (nSPS) is 37.7. The molecular formula is C37H56O9. The van der Waals surface area contributed by atoms with Gasteiger partial charge in [-0.25, -0.2) is 4.79 Å². The van der Waals surface area contributed by atoms with E-state index in [-0.39, 0.29) is 34.7 Å². The van der Waals surface area contributed by atoms with Crippen molar-refractivity contribution in [1.29, 1.82) is 0 Å². The van der Waals surface area contributed by atoms with Gasteiger partial charge in [0.25, 0.3) is 0 Å². The monoisotopic (exact) mass is 644 g/mol. The Morgan fingerprint density at radius 2 is 1.65 bits per heavy atom. The molecule has 9 nitrogen and oxygen atoms in total. The smallest absolute Gasteiger partial charge is 0.335 e. The van der Waals surface area contributed by atoms with Crippen LogP contribution in [0.2, 0.25) is 0 Å². The summed E-state index contributed by atoms with van der Waals surface area (Å²) in [7, 11) is 1.21. The molecule has 0 amide bonds. The van der Waals surface area contributed by atoms with Crippen LogP contribution in [0.5, 0.6) is 0 Å². The summed E-state index contributed by atoms with van der Waals surface area (Å²) in [6.07, 6.45) is 7.64. The molecule has 9 heteroatoms. The molecule has 1 N–H and O–H groups in total. The number of methoxy groups -OCH3 is 1. The first-order valence-electron chi connectivity index (χ1n) is 17.2.